The van der Waals surface area contributed by atoms with Crippen molar-refractivity contribution in [3.63, 3.8) is 0 Å². The summed E-state index contributed by atoms with van der Waals surface area (Å²) in [6.07, 6.45) is 0. The Labute approximate surface area is 148 Å². The van der Waals surface area contributed by atoms with E-state index in [2.05, 4.69) is 47.4 Å². The van der Waals surface area contributed by atoms with E-state index in [1.807, 2.05) is 19.1 Å². The minimum absolute atomic E-state index is 0.120. The predicted molar refractivity (Wildman–Crippen MR) is 90.3 cm³/mol. The zero-order chi connectivity index (χ0) is 16.3. The van der Waals surface area contributed by atoms with Crippen LogP contribution in [0.5, 0.6) is 5.75 Å². The number of cyclic esters (lactones) is 1. The van der Waals surface area contributed by atoms with Gasteiger partial charge in [0.25, 0.3) is 0 Å². The second-order valence-electron chi connectivity index (χ2n) is 5.47. The number of hydrogen-bond acceptors (Lipinski definition) is 5. The number of aromatic amines is 1. The van der Waals surface area contributed by atoms with Crippen LogP contribution in [0, 0.1) is 6.92 Å². The molecule has 118 valence electrons. The number of carbonyl (C=O) groups is 1. The number of nitrogens with one attached hydrogen (secondary N) is 2. The third-order valence-electron chi connectivity index (χ3n) is 4.11. The van der Waals surface area contributed by atoms with Gasteiger partial charge in [0.1, 0.15) is 12.4 Å². The number of esters is 1. The summed E-state index contributed by atoms with van der Waals surface area (Å²) in [6, 6.07) is 3.62. The van der Waals surface area contributed by atoms with Gasteiger partial charge in [-0.15, -0.1) is 0 Å². The first kappa shape index (κ1) is 14.8. The number of anilines is 1. The number of fused-ring (bicyclic) bond motifs is 1. The van der Waals surface area contributed by atoms with Crippen LogP contribution in [-0.4, -0.2) is 27.9 Å². The van der Waals surface area contributed by atoms with Crippen LogP contribution in [0.1, 0.15) is 22.7 Å². The highest BCUT2D eigenvalue weighted by atomic mass is 79.9. The van der Waals surface area contributed by atoms with E-state index >= 15 is 0 Å². The molecule has 1 aromatic heterocycles. The first-order valence-corrected chi connectivity index (χ1v) is 8.46. The molecule has 6 nitrogen and oxygen atoms in total. The molecule has 0 spiro atoms. The van der Waals surface area contributed by atoms with Gasteiger partial charge >= 0.3 is 5.97 Å². The van der Waals surface area contributed by atoms with Crippen molar-refractivity contribution in [2.45, 2.75) is 12.8 Å². The number of aryl methyl sites for hydroxylation is 1. The minimum Gasteiger partial charge on any atom is -0.506 e. The summed E-state index contributed by atoms with van der Waals surface area (Å²) in [4.78, 5) is 12.2. The molecule has 23 heavy (non-hydrogen) atoms. The lowest BCUT2D eigenvalue weighted by molar-refractivity contribution is -0.136. The molecule has 0 amide bonds. The molecule has 1 aromatic carbocycles. The normalized spacial score (nSPS) is 19.3. The molecule has 0 saturated carbocycles. The summed E-state index contributed by atoms with van der Waals surface area (Å²) in [7, 11) is 0. The van der Waals surface area contributed by atoms with Crippen LogP contribution in [0.25, 0.3) is 0 Å². The molecular formula is C15H11Br2N3O3. The van der Waals surface area contributed by atoms with Gasteiger partial charge in [0.2, 0.25) is 0 Å². The number of aromatic hydroxyl groups is 1. The van der Waals surface area contributed by atoms with Crippen LogP contribution in [0.3, 0.4) is 0 Å². The lowest BCUT2D eigenvalue weighted by atomic mass is 9.82. The monoisotopic (exact) mass is 439 g/mol. The average Bonchev–Trinajstić information content (AvgIpc) is 3.07. The molecule has 0 radical (unpaired) electrons. The van der Waals surface area contributed by atoms with Gasteiger partial charge in [0.15, 0.2) is 5.82 Å². The van der Waals surface area contributed by atoms with E-state index < -0.39 is 0 Å². The van der Waals surface area contributed by atoms with Crippen LogP contribution in [0.2, 0.25) is 0 Å². The number of rotatable bonds is 1. The van der Waals surface area contributed by atoms with E-state index in [9.17, 15) is 9.90 Å². The lowest BCUT2D eigenvalue weighted by Gasteiger charge is -2.24. The fourth-order valence-corrected chi connectivity index (χ4v) is 4.29. The lowest BCUT2D eigenvalue weighted by Crippen LogP contribution is -2.19. The summed E-state index contributed by atoms with van der Waals surface area (Å²) in [6.45, 7) is 2.13. The van der Waals surface area contributed by atoms with E-state index in [0.717, 1.165) is 22.5 Å². The summed E-state index contributed by atoms with van der Waals surface area (Å²) in [5.74, 6) is 0.187. The molecule has 3 N–H and O–H groups in total. The van der Waals surface area contributed by atoms with E-state index in [-0.39, 0.29) is 24.2 Å². The molecule has 2 aliphatic heterocycles. The largest absolute Gasteiger partial charge is 0.506 e. The number of aromatic nitrogens is 2. The van der Waals surface area contributed by atoms with Crippen molar-refractivity contribution in [3.05, 3.63) is 49.2 Å². The van der Waals surface area contributed by atoms with E-state index in [1.165, 1.54) is 0 Å². The SMILES string of the molecule is Cc1[nH]nc2c1[C@@H](c1cc(Br)c(O)c(Br)c1)C1=C(COC1=O)N2. The minimum atomic E-state index is -0.330. The molecule has 4 rings (SSSR count). The molecule has 0 saturated heterocycles. The van der Waals surface area contributed by atoms with Crippen LogP contribution in [-0.2, 0) is 9.53 Å². The van der Waals surface area contributed by atoms with E-state index in [4.69, 9.17) is 4.74 Å². The summed E-state index contributed by atoms with van der Waals surface area (Å²) < 4.78 is 6.29. The first-order valence-electron chi connectivity index (χ1n) is 6.87. The van der Waals surface area contributed by atoms with Crippen molar-refractivity contribution in [1.29, 1.82) is 0 Å². The Bertz CT molecular complexity index is 865. The van der Waals surface area contributed by atoms with Crippen LogP contribution in [0.4, 0.5) is 5.82 Å². The fourth-order valence-electron chi connectivity index (χ4n) is 3.07. The third-order valence-corrected chi connectivity index (χ3v) is 5.32. The van der Waals surface area contributed by atoms with Crippen LogP contribution in [0.15, 0.2) is 32.3 Å². The Morgan fingerprint density at radius 3 is 2.74 bits per heavy atom. The molecule has 0 bridgehead atoms. The maximum Gasteiger partial charge on any atom is 0.337 e. The van der Waals surface area contributed by atoms with Gasteiger partial charge in [-0.1, -0.05) is 0 Å². The molecule has 0 fully saturated rings. The number of carbonyl (C=O) groups excluding carboxylic acids is 1. The van der Waals surface area contributed by atoms with Crippen molar-refractivity contribution < 1.29 is 14.6 Å². The van der Waals surface area contributed by atoms with Crippen molar-refractivity contribution in [2.75, 3.05) is 11.9 Å². The number of H-pyrrole nitrogens is 1. The zero-order valence-electron chi connectivity index (χ0n) is 11.9. The quantitative estimate of drug-likeness (QED) is 0.592. The molecule has 0 unspecified atom stereocenters. The molecule has 1 atom stereocenters. The fraction of sp³-hybridized carbons (Fsp3) is 0.200. The maximum absolute atomic E-state index is 12.2. The smallest absolute Gasteiger partial charge is 0.337 e. The highest BCUT2D eigenvalue weighted by Crippen LogP contribution is 2.47. The number of phenolic OH excluding ortho intramolecular Hbond substituents is 1. The number of halogens is 2. The van der Waals surface area contributed by atoms with Gasteiger partial charge in [-0.2, -0.15) is 5.10 Å². The number of ether oxygens (including phenoxy) is 1. The van der Waals surface area contributed by atoms with Gasteiger partial charge in [-0.05, 0) is 56.5 Å². The van der Waals surface area contributed by atoms with Gasteiger partial charge in [-0.3, -0.25) is 5.10 Å². The van der Waals surface area contributed by atoms with E-state index in [1.54, 1.807) is 0 Å². The zero-order valence-corrected chi connectivity index (χ0v) is 15.1. The first-order chi connectivity index (χ1) is 11.0. The number of benzene rings is 1. The molecule has 2 aliphatic rings. The Kier molecular flexibility index (Phi) is 3.28. The number of phenols is 1. The molecule has 8 heteroatoms. The van der Waals surface area contributed by atoms with Crippen molar-refractivity contribution in [2.24, 2.45) is 0 Å². The summed E-state index contributed by atoms with van der Waals surface area (Å²) in [5, 5.41) is 20.3. The third kappa shape index (κ3) is 2.12. The Balaban J connectivity index is 1.97. The van der Waals surface area contributed by atoms with Crippen molar-refractivity contribution in [1.82, 2.24) is 10.2 Å². The van der Waals surface area contributed by atoms with Crippen molar-refractivity contribution in [3.8, 4) is 5.75 Å². The average molecular weight is 441 g/mol. The summed E-state index contributed by atoms with van der Waals surface area (Å²) >= 11 is 6.70. The van der Waals surface area contributed by atoms with E-state index in [0.29, 0.717) is 20.3 Å². The molecule has 0 aliphatic carbocycles. The topological polar surface area (TPSA) is 87.2 Å². The second kappa shape index (κ2) is 5.10. The van der Waals surface area contributed by atoms with Crippen molar-refractivity contribution >= 4 is 43.6 Å². The maximum atomic E-state index is 12.2. The Morgan fingerprint density at radius 1 is 1.35 bits per heavy atom. The number of nitrogens with zero attached hydrogens (tertiary/aromatic N) is 1. The predicted octanol–water partition coefficient (Wildman–Crippen LogP) is 3.32. The highest BCUT2D eigenvalue weighted by molar-refractivity contribution is 9.11. The van der Waals surface area contributed by atoms with Gasteiger partial charge < -0.3 is 15.2 Å². The van der Waals surface area contributed by atoms with Crippen LogP contribution < -0.4 is 5.32 Å². The Morgan fingerprint density at radius 2 is 2.04 bits per heavy atom. The van der Waals surface area contributed by atoms with Gasteiger partial charge in [0, 0.05) is 17.2 Å². The van der Waals surface area contributed by atoms with Gasteiger partial charge in [0.05, 0.1) is 20.2 Å². The standard InChI is InChI=1S/C15H11Br2N3O3/c1-5-10-11(6-2-7(16)13(21)8(17)3-6)12-9(4-23-15(12)22)18-14(10)20-19-5/h2-3,11,21H,4H2,1H3,(H2,18,19,20)/t11-/m1/s1. The number of hydrogen-bond donors (Lipinski definition) is 3. The van der Waals surface area contributed by atoms with Gasteiger partial charge in [-0.25, -0.2) is 4.79 Å². The second-order valence-corrected chi connectivity index (χ2v) is 7.18. The molecular weight excluding hydrogens is 430 g/mol. The summed E-state index contributed by atoms with van der Waals surface area (Å²) in [5.41, 5.74) is 3.97. The Hall–Kier alpha value is -1.80. The molecule has 3 heterocycles. The highest BCUT2D eigenvalue weighted by Gasteiger charge is 2.40. The van der Waals surface area contributed by atoms with Crippen LogP contribution >= 0.6 is 31.9 Å². The molecule has 2 aromatic rings.